The number of amides is 1. The summed E-state index contributed by atoms with van der Waals surface area (Å²) < 4.78 is 14.2. The number of aromatic nitrogens is 2. The standard InChI is InChI=1S/C18H19N3O2S/c1-14-6-5-9-17-19-16(12-21(14)17)13-24(23)11-10-18(22)20-15-7-3-2-4-8-15/h2-9,12H,10-11,13H2,1H3,(H,20,22). The number of nitrogens with zero attached hydrogens (tertiary/aromatic N) is 2. The van der Waals surface area contributed by atoms with Gasteiger partial charge in [0.15, 0.2) is 0 Å². The number of hydrogen-bond donors (Lipinski definition) is 1. The van der Waals surface area contributed by atoms with E-state index in [2.05, 4.69) is 10.3 Å². The molecule has 2 aromatic heterocycles. The molecule has 0 fully saturated rings. The fourth-order valence-electron chi connectivity index (χ4n) is 2.46. The molecule has 1 N–H and O–H groups in total. The van der Waals surface area contributed by atoms with E-state index in [0.29, 0.717) is 11.5 Å². The first-order valence-corrected chi connectivity index (χ1v) is 9.24. The normalized spacial score (nSPS) is 12.2. The van der Waals surface area contributed by atoms with E-state index in [4.69, 9.17) is 0 Å². The third-order valence-corrected chi connectivity index (χ3v) is 4.95. The second kappa shape index (κ2) is 7.40. The highest BCUT2D eigenvalue weighted by Crippen LogP contribution is 2.11. The van der Waals surface area contributed by atoms with Crippen LogP contribution in [-0.4, -0.2) is 25.3 Å². The van der Waals surface area contributed by atoms with E-state index >= 15 is 0 Å². The molecule has 1 unspecified atom stereocenters. The Morgan fingerprint density at radius 2 is 1.96 bits per heavy atom. The van der Waals surface area contributed by atoms with Crippen molar-refractivity contribution in [2.24, 2.45) is 0 Å². The van der Waals surface area contributed by atoms with Gasteiger partial charge in [-0.2, -0.15) is 0 Å². The molecule has 0 spiro atoms. The summed E-state index contributed by atoms with van der Waals surface area (Å²) in [5.74, 6) is 0.561. The van der Waals surface area contributed by atoms with Crippen LogP contribution in [0.2, 0.25) is 0 Å². The van der Waals surface area contributed by atoms with Gasteiger partial charge in [-0.15, -0.1) is 0 Å². The molecule has 0 radical (unpaired) electrons. The van der Waals surface area contributed by atoms with Gasteiger partial charge in [0.25, 0.3) is 0 Å². The largest absolute Gasteiger partial charge is 0.326 e. The Labute approximate surface area is 143 Å². The third kappa shape index (κ3) is 4.08. The number of aryl methyl sites for hydroxylation is 1. The van der Waals surface area contributed by atoms with E-state index in [1.807, 2.05) is 66.1 Å². The van der Waals surface area contributed by atoms with Crippen LogP contribution in [-0.2, 0) is 21.3 Å². The van der Waals surface area contributed by atoms with Crippen LogP contribution < -0.4 is 5.32 Å². The fourth-order valence-corrected chi connectivity index (χ4v) is 3.48. The first-order valence-electron chi connectivity index (χ1n) is 7.75. The maximum absolute atomic E-state index is 12.2. The van der Waals surface area contributed by atoms with Crippen LogP contribution in [0.1, 0.15) is 17.8 Å². The Morgan fingerprint density at radius 1 is 1.17 bits per heavy atom. The number of para-hydroxylation sites is 1. The number of benzene rings is 1. The summed E-state index contributed by atoms with van der Waals surface area (Å²) in [5.41, 5.74) is 3.47. The maximum Gasteiger partial charge on any atom is 0.225 e. The SMILES string of the molecule is Cc1cccc2nc(CS(=O)CCC(=O)Nc3ccccc3)cn12. The van der Waals surface area contributed by atoms with E-state index in [1.165, 1.54) is 0 Å². The number of carbonyl (C=O) groups is 1. The highest BCUT2D eigenvalue weighted by molar-refractivity contribution is 7.84. The van der Waals surface area contributed by atoms with Crippen molar-refractivity contribution in [3.05, 3.63) is 66.1 Å². The lowest BCUT2D eigenvalue weighted by atomic mass is 10.3. The number of rotatable bonds is 6. The van der Waals surface area contributed by atoms with Gasteiger partial charge in [-0.25, -0.2) is 4.98 Å². The minimum Gasteiger partial charge on any atom is -0.326 e. The van der Waals surface area contributed by atoms with Crippen molar-refractivity contribution < 1.29 is 9.00 Å². The zero-order valence-electron chi connectivity index (χ0n) is 13.4. The van der Waals surface area contributed by atoms with Crippen molar-refractivity contribution in [3.63, 3.8) is 0 Å². The molecule has 0 aliphatic carbocycles. The van der Waals surface area contributed by atoms with Gasteiger partial charge in [0.2, 0.25) is 5.91 Å². The number of anilines is 1. The van der Waals surface area contributed by atoms with Gasteiger partial charge < -0.3 is 9.72 Å². The van der Waals surface area contributed by atoms with E-state index in [1.54, 1.807) is 0 Å². The Balaban J connectivity index is 1.53. The summed E-state index contributed by atoms with van der Waals surface area (Å²) in [4.78, 5) is 16.4. The summed E-state index contributed by atoms with van der Waals surface area (Å²) in [5, 5.41) is 2.80. The van der Waals surface area contributed by atoms with Gasteiger partial charge in [0.1, 0.15) is 5.65 Å². The molecule has 0 saturated heterocycles. The van der Waals surface area contributed by atoms with Crippen LogP contribution >= 0.6 is 0 Å². The molecule has 1 amide bonds. The second-order valence-corrected chi connectivity index (χ2v) is 7.16. The number of imidazole rings is 1. The Bertz CT molecular complexity index is 874. The number of fused-ring (bicyclic) bond motifs is 1. The molecule has 24 heavy (non-hydrogen) atoms. The summed E-state index contributed by atoms with van der Waals surface area (Å²) in [6.45, 7) is 2.00. The molecule has 0 bridgehead atoms. The molecular weight excluding hydrogens is 322 g/mol. The van der Waals surface area contributed by atoms with E-state index < -0.39 is 10.8 Å². The van der Waals surface area contributed by atoms with Gasteiger partial charge >= 0.3 is 0 Å². The summed E-state index contributed by atoms with van der Waals surface area (Å²) >= 11 is 0. The molecular formula is C18H19N3O2S. The van der Waals surface area contributed by atoms with Crippen molar-refractivity contribution in [1.29, 1.82) is 0 Å². The minimum atomic E-state index is -1.12. The molecule has 6 heteroatoms. The topological polar surface area (TPSA) is 63.5 Å². The second-order valence-electron chi connectivity index (χ2n) is 5.58. The highest BCUT2D eigenvalue weighted by atomic mass is 32.2. The molecule has 3 aromatic rings. The maximum atomic E-state index is 12.2. The van der Waals surface area contributed by atoms with Crippen molar-refractivity contribution in [2.75, 3.05) is 11.1 Å². The highest BCUT2D eigenvalue weighted by Gasteiger charge is 2.10. The van der Waals surface area contributed by atoms with Crippen molar-refractivity contribution in [1.82, 2.24) is 9.38 Å². The number of nitrogens with one attached hydrogen (secondary N) is 1. The van der Waals surface area contributed by atoms with Crippen LogP contribution in [0.4, 0.5) is 5.69 Å². The van der Waals surface area contributed by atoms with Crippen molar-refractivity contribution in [2.45, 2.75) is 19.1 Å². The fraction of sp³-hybridized carbons (Fsp3) is 0.222. The lowest BCUT2D eigenvalue weighted by Gasteiger charge is -2.04. The van der Waals surface area contributed by atoms with Gasteiger partial charge in [-0.05, 0) is 31.2 Å². The van der Waals surface area contributed by atoms with E-state index in [9.17, 15) is 9.00 Å². The van der Waals surface area contributed by atoms with Gasteiger partial charge in [0, 0.05) is 40.6 Å². The molecule has 1 atom stereocenters. The minimum absolute atomic E-state index is 0.125. The average molecular weight is 341 g/mol. The van der Waals surface area contributed by atoms with Crippen LogP contribution in [0.15, 0.2) is 54.7 Å². The van der Waals surface area contributed by atoms with Crippen LogP contribution in [0.3, 0.4) is 0 Å². The quantitative estimate of drug-likeness (QED) is 0.750. The smallest absolute Gasteiger partial charge is 0.225 e. The predicted molar refractivity (Wildman–Crippen MR) is 96.3 cm³/mol. The van der Waals surface area contributed by atoms with Gasteiger partial charge in [-0.1, -0.05) is 24.3 Å². The zero-order chi connectivity index (χ0) is 16.9. The van der Waals surface area contributed by atoms with Gasteiger partial charge in [0.05, 0.1) is 11.4 Å². The predicted octanol–water partition coefficient (Wildman–Crippen LogP) is 2.92. The molecule has 1 aromatic carbocycles. The molecule has 3 rings (SSSR count). The number of pyridine rings is 1. The third-order valence-electron chi connectivity index (χ3n) is 3.67. The molecule has 124 valence electrons. The summed E-state index contributed by atoms with van der Waals surface area (Å²) in [7, 11) is -1.12. The van der Waals surface area contributed by atoms with Crippen molar-refractivity contribution >= 4 is 28.0 Å². The first kappa shape index (κ1) is 16.4. The van der Waals surface area contributed by atoms with Crippen molar-refractivity contribution in [3.8, 4) is 0 Å². The molecule has 0 saturated carbocycles. The molecule has 0 aliphatic heterocycles. The van der Waals surface area contributed by atoms with Crippen LogP contribution in [0.25, 0.3) is 5.65 Å². The molecule has 2 heterocycles. The van der Waals surface area contributed by atoms with Crippen LogP contribution in [0.5, 0.6) is 0 Å². The molecule has 5 nitrogen and oxygen atoms in total. The van der Waals surface area contributed by atoms with E-state index in [0.717, 1.165) is 22.7 Å². The first-order chi connectivity index (χ1) is 11.6. The lowest BCUT2D eigenvalue weighted by molar-refractivity contribution is -0.115. The Morgan fingerprint density at radius 3 is 2.71 bits per heavy atom. The lowest BCUT2D eigenvalue weighted by Crippen LogP contribution is -2.15. The monoisotopic (exact) mass is 341 g/mol. The zero-order valence-corrected chi connectivity index (χ0v) is 14.3. The van der Waals surface area contributed by atoms with Crippen LogP contribution in [0, 0.1) is 6.92 Å². The summed E-state index contributed by atoms with van der Waals surface area (Å²) in [6, 6.07) is 15.1. The number of carbonyl (C=O) groups excluding carboxylic acids is 1. The Hall–Kier alpha value is -2.47. The molecule has 0 aliphatic rings. The number of hydrogen-bond acceptors (Lipinski definition) is 3. The summed E-state index contributed by atoms with van der Waals surface area (Å²) in [6.07, 6.45) is 2.14. The van der Waals surface area contributed by atoms with Gasteiger partial charge in [-0.3, -0.25) is 9.00 Å². The van der Waals surface area contributed by atoms with E-state index in [-0.39, 0.29) is 12.3 Å². The Kier molecular flexibility index (Phi) is 5.05. The average Bonchev–Trinajstić information content (AvgIpc) is 2.98.